The van der Waals surface area contributed by atoms with Crippen LogP contribution in [0, 0.1) is 0 Å². The van der Waals surface area contributed by atoms with Gasteiger partial charge in [-0.15, -0.1) is 0 Å². The van der Waals surface area contributed by atoms with Gasteiger partial charge in [-0.25, -0.2) is 19.2 Å². The lowest BCUT2D eigenvalue weighted by atomic mass is 10.3. The van der Waals surface area contributed by atoms with Crippen molar-refractivity contribution in [1.29, 1.82) is 0 Å². The SMILES string of the molecule is NNc1ncc(S(=O)(=O)Nc2cc(Br)ccc2Br)cc1Cl. The number of anilines is 2. The van der Waals surface area contributed by atoms with Crippen molar-refractivity contribution in [3.8, 4) is 0 Å². The summed E-state index contributed by atoms with van der Waals surface area (Å²) >= 11 is 12.4. The number of hydrogen-bond donors (Lipinski definition) is 3. The third-order valence-corrected chi connectivity index (χ3v) is 5.24. The molecule has 0 aliphatic carbocycles. The van der Waals surface area contributed by atoms with Crippen LogP contribution < -0.4 is 16.0 Å². The number of sulfonamides is 1. The summed E-state index contributed by atoms with van der Waals surface area (Å²) in [6.45, 7) is 0. The van der Waals surface area contributed by atoms with Gasteiger partial charge in [0.2, 0.25) is 0 Å². The maximum absolute atomic E-state index is 12.3. The zero-order valence-electron chi connectivity index (χ0n) is 10.3. The van der Waals surface area contributed by atoms with E-state index in [4.69, 9.17) is 17.4 Å². The number of nitrogens with one attached hydrogen (secondary N) is 2. The van der Waals surface area contributed by atoms with Crippen molar-refractivity contribution < 1.29 is 8.42 Å². The third-order valence-electron chi connectivity index (χ3n) is 2.44. The number of rotatable bonds is 4. The van der Waals surface area contributed by atoms with Gasteiger partial charge in [-0.2, -0.15) is 0 Å². The predicted molar refractivity (Wildman–Crippen MR) is 89.7 cm³/mol. The number of hydrogen-bond acceptors (Lipinski definition) is 5. The van der Waals surface area contributed by atoms with Crippen molar-refractivity contribution >= 4 is 65.0 Å². The van der Waals surface area contributed by atoms with Gasteiger partial charge < -0.3 is 5.43 Å². The molecule has 0 aliphatic heterocycles. The van der Waals surface area contributed by atoms with Crippen LogP contribution in [0.2, 0.25) is 5.02 Å². The van der Waals surface area contributed by atoms with Crippen LogP contribution in [0.3, 0.4) is 0 Å². The monoisotopic (exact) mass is 454 g/mol. The normalized spacial score (nSPS) is 11.2. The molecule has 1 aromatic heterocycles. The maximum atomic E-state index is 12.3. The first-order valence-corrected chi connectivity index (χ1v) is 8.88. The molecule has 0 saturated carbocycles. The van der Waals surface area contributed by atoms with Gasteiger partial charge in [0.15, 0.2) is 5.82 Å². The fraction of sp³-hybridized carbons (Fsp3) is 0. The van der Waals surface area contributed by atoms with Gasteiger partial charge in [0.1, 0.15) is 4.90 Å². The van der Waals surface area contributed by atoms with E-state index in [0.29, 0.717) is 10.2 Å². The third kappa shape index (κ3) is 3.86. The molecule has 0 amide bonds. The molecule has 21 heavy (non-hydrogen) atoms. The molecule has 0 aliphatic rings. The molecule has 0 atom stereocenters. The highest BCUT2D eigenvalue weighted by atomic mass is 79.9. The van der Waals surface area contributed by atoms with Crippen LogP contribution in [0.15, 0.2) is 44.3 Å². The Hall–Kier alpha value is -0.870. The van der Waals surface area contributed by atoms with Crippen LogP contribution >= 0.6 is 43.5 Å². The van der Waals surface area contributed by atoms with Crippen molar-refractivity contribution in [1.82, 2.24) is 4.98 Å². The summed E-state index contributed by atoms with van der Waals surface area (Å²) in [4.78, 5) is 3.77. The number of hydrazine groups is 1. The molecule has 0 saturated heterocycles. The topological polar surface area (TPSA) is 97.1 Å². The van der Waals surface area contributed by atoms with Crippen molar-refractivity contribution in [3.63, 3.8) is 0 Å². The van der Waals surface area contributed by atoms with Gasteiger partial charge in [0.05, 0.1) is 10.7 Å². The zero-order chi connectivity index (χ0) is 15.6. The van der Waals surface area contributed by atoms with E-state index < -0.39 is 10.0 Å². The molecule has 0 radical (unpaired) electrons. The minimum atomic E-state index is -3.82. The lowest BCUT2D eigenvalue weighted by Crippen LogP contribution is -2.15. The van der Waals surface area contributed by atoms with Gasteiger partial charge in [0, 0.05) is 15.1 Å². The summed E-state index contributed by atoms with van der Waals surface area (Å²) in [6, 6.07) is 6.39. The predicted octanol–water partition coefficient (Wildman–Crippen LogP) is 3.35. The van der Waals surface area contributed by atoms with E-state index in [1.807, 2.05) is 0 Å². The molecule has 0 bridgehead atoms. The van der Waals surface area contributed by atoms with Gasteiger partial charge >= 0.3 is 0 Å². The number of nitrogens with two attached hydrogens (primary N) is 1. The minimum Gasteiger partial charge on any atom is -0.307 e. The van der Waals surface area contributed by atoms with E-state index in [-0.39, 0.29) is 15.7 Å². The Morgan fingerprint density at radius 3 is 2.57 bits per heavy atom. The summed E-state index contributed by atoms with van der Waals surface area (Å²) in [5.74, 6) is 5.39. The van der Waals surface area contributed by atoms with Gasteiger partial charge in [-0.1, -0.05) is 27.5 Å². The highest BCUT2D eigenvalue weighted by Crippen LogP contribution is 2.29. The van der Waals surface area contributed by atoms with E-state index in [2.05, 4.69) is 47.0 Å². The Balaban J connectivity index is 2.38. The molecule has 112 valence electrons. The van der Waals surface area contributed by atoms with Crippen LogP contribution in [0.5, 0.6) is 0 Å². The molecule has 10 heteroatoms. The van der Waals surface area contributed by atoms with Crippen molar-refractivity contribution in [2.24, 2.45) is 5.84 Å². The number of nitrogen functional groups attached to an aromatic ring is 1. The molecule has 0 unspecified atom stereocenters. The van der Waals surface area contributed by atoms with Gasteiger partial charge in [0.25, 0.3) is 10.0 Å². The molecule has 2 aromatic rings. The largest absolute Gasteiger partial charge is 0.307 e. The second-order valence-corrected chi connectivity index (χ2v) is 7.74. The Morgan fingerprint density at radius 1 is 1.24 bits per heavy atom. The zero-order valence-corrected chi connectivity index (χ0v) is 15.0. The molecule has 1 aromatic carbocycles. The van der Waals surface area contributed by atoms with E-state index in [9.17, 15) is 8.42 Å². The molecule has 2 rings (SSSR count). The van der Waals surface area contributed by atoms with Crippen molar-refractivity contribution in [2.75, 3.05) is 10.1 Å². The summed E-state index contributed by atoms with van der Waals surface area (Å²) in [5, 5.41) is 0.105. The van der Waals surface area contributed by atoms with Crippen LogP contribution in [0.4, 0.5) is 11.5 Å². The Morgan fingerprint density at radius 2 is 1.95 bits per heavy atom. The summed E-state index contributed by atoms with van der Waals surface area (Å²) in [6.07, 6.45) is 1.16. The number of halogens is 3. The van der Waals surface area contributed by atoms with Crippen LogP contribution in [-0.4, -0.2) is 13.4 Å². The van der Waals surface area contributed by atoms with Gasteiger partial charge in [-0.3, -0.25) is 4.72 Å². The molecule has 0 spiro atoms. The van der Waals surface area contributed by atoms with Crippen LogP contribution in [0.1, 0.15) is 0 Å². The number of pyridine rings is 1. The number of benzene rings is 1. The first-order valence-electron chi connectivity index (χ1n) is 5.43. The molecule has 0 fully saturated rings. The molecule has 4 N–H and O–H groups in total. The fourth-order valence-corrected chi connectivity index (χ4v) is 3.62. The van der Waals surface area contributed by atoms with Crippen molar-refractivity contribution in [2.45, 2.75) is 4.90 Å². The van der Waals surface area contributed by atoms with E-state index in [1.165, 1.54) is 6.07 Å². The maximum Gasteiger partial charge on any atom is 0.263 e. The highest BCUT2D eigenvalue weighted by Gasteiger charge is 2.18. The Labute approximate surface area is 143 Å². The Kier molecular flexibility index (Phi) is 5.10. The second-order valence-electron chi connectivity index (χ2n) is 3.88. The Bertz CT molecular complexity index is 786. The molecular formula is C11H9Br2ClN4O2S. The average Bonchev–Trinajstić information content (AvgIpc) is 2.42. The molecular weight excluding hydrogens is 447 g/mol. The second kappa shape index (κ2) is 6.49. The van der Waals surface area contributed by atoms with Crippen LogP contribution in [-0.2, 0) is 10.0 Å². The number of aromatic nitrogens is 1. The fourth-order valence-electron chi connectivity index (χ4n) is 1.45. The van der Waals surface area contributed by atoms with E-state index >= 15 is 0 Å². The quantitative estimate of drug-likeness (QED) is 0.484. The smallest absolute Gasteiger partial charge is 0.263 e. The molecule has 1 heterocycles. The van der Waals surface area contributed by atoms with E-state index in [0.717, 1.165) is 10.7 Å². The summed E-state index contributed by atoms with van der Waals surface area (Å²) in [5.41, 5.74) is 2.66. The average molecular weight is 457 g/mol. The van der Waals surface area contributed by atoms with E-state index in [1.54, 1.807) is 18.2 Å². The standard InChI is InChI=1S/C11H9Br2ClN4O2S/c12-6-1-2-8(13)10(3-6)18-21(19,20)7-4-9(14)11(17-15)16-5-7/h1-5,18H,15H2,(H,16,17). The number of nitrogens with zero attached hydrogens (tertiary/aromatic N) is 1. The summed E-state index contributed by atoms with van der Waals surface area (Å²) < 4.78 is 28.4. The lowest BCUT2D eigenvalue weighted by Gasteiger charge is -2.11. The summed E-state index contributed by atoms with van der Waals surface area (Å²) in [7, 11) is -3.82. The lowest BCUT2D eigenvalue weighted by molar-refractivity contribution is 0.601. The minimum absolute atomic E-state index is 0.0709. The van der Waals surface area contributed by atoms with Crippen LogP contribution in [0.25, 0.3) is 0 Å². The first-order chi connectivity index (χ1) is 9.83. The molecule has 6 nitrogen and oxygen atoms in total. The first kappa shape index (κ1) is 16.5. The van der Waals surface area contributed by atoms with Crippen molar-refractivity contribution in [3.05, 3.63) is 44.4 Å². The van der Waals surface area contributed by atoms with Gasteiger partial charge in [-0.05, 0) is 40.2 Å². The highest BCUT2D eigenvalue weighted by molar-refractivity contribution is 9.11.